The monoisotopic (exact) mass is 360 g/mol. The summed E-state index contributed by atoms with van der Waals surface area (Å²) in [6.45, 7) is 2.82. The summed E-state index contributed by atoms with van der Waals surface area (Å²) < 4.78 is 15.8. The first-order valence-electron chi connectivity index (χ1n) is 5.59. The van der Waals surface area contributed by atoms with Crippen molar-refractivity contribution in [3.05, 3.63) is 51.1 Å². The van der Waals surface area contributed by atoms with Gasteiger partial charge in [-0.25, -0.2) is 9.82 Å². The molecule has 1 atom stereocenters. The highest BCUT2D eigenvalue weighted by Crippen LogP contribution is 2.26. The van der Waals surface area contributed by atoms with Crippen molar-refractivity contribution in [3.63, 3.8) is 0 Å². The van der Waals surface area contributed by atoms with Crippen molar-refractivity contribution in [1.29, 1.82) is 0 Å². The highest BCUT2D eigenvalue weighted by Gasteiger charge is 2.17. The molecule has 2 aromatic rings. The van der Waals surface area contributed by atoms with Gasteiger partial charge < -0.3 is 0 Å². The number of hydrazine groups is 1. The lowest BCUT2D eigenvalue weighted by atomic mass is 10.0. The van der Waals surface area contributed by atoms with E-state index < -0.39 is 0 Å². The molecule has 0 aliphatic rings. The van der Waals surface area contributed by atoms with Gasteiger partial charge in [0.15, 0.2) is 0 Å². The fourth-order valence-electron chi connectivity index (χ4n) is 1.80. The molecule has 0 saturated carbocycles. The van der Waals surface area contributed by atoms with E-state index in [1.807, 2.05) is 17.8 Å². The number of benzene rings is 1. The van der Waals surface area contributed by atoms with Crippen molar-refractivity contribution in [1.82, 2.24) is 15.2 Å². The second kappa shape index (κ2) is 5.77. The second-order valence-corrected chi connectivity index (χ2v) is 5.06. The number of nitrogens with zero attached hydrogens (tertiary/aromatic N) is 2. The average molecular weight is 360 g/mol. The van der Waals surface area contributed by atoms with Gasteiger partial charge in [0.1, 0.15) is 5.82 Å². The normalized spacial score (nSPS) is 12.7. The van der Waals surface area contributed by atoms with E-state index in [0.717, 1.165) is 21.2 Å². The average Bonchev–Trinajstić information content (AvgIpc) is 2.81. The predicted octanol–water partition coefficient (Wildman–Crippen LogP) is 2.20. The van der Waals surface area contributed by atoms with Crippen LogP contribution >= 0.6 is 22.6 Å². The Morgan fingerprint density at radius 1 is 1.56 bits per heavy atom. The van der Waals surface area contributed by atoms with Gasteiger partial charge in [0, 0.05) is 21.9 Å². The Hall–Kier alpha value is -0.990. The van der Waals surface area contributed by atoms with Gasteiger partial charge in [-0.05, 0) is 47.2 Å². The van der Waals surface area contributed by atoms with E-state index in [-0.39, 0.29) is 11.9 Å². The predicted molar refractivity (Wildman–Crippen MR) is 76.2 cm³/mol. The molecular weight excluding hydrogens is 346 g/mol. The first-order chi connectivity index (χ1) is 8.65. The van der Waals surface area contributed by atoms with Crippen LogP contribution in [-0.2, 0) is 6.54 Å². The molecule has 0 saturated heterocycles. The highest BCUT2D eigenvalue weighted by molar-refractivity contribution is 14.1. The molecule has 1 aromatic heterocycles. The molecule has 0 bridgehead atoms. The molecule has 18 heavy (non-hydrogen) atoms. The summed E-state index contributed by atoms with van der Waals surface area (Å²) in [5, 5.41) is 4.22. The number of aromatic nitrogens is 2. The summed E-state index contributed by atoms with van der Waals surface area (Å²) in [6, 6.07) is 4.49. The van der Waals surface area contributed by atoms with Crippen molar-refractivity contribution in [3.8, 4) is 0 Å². The molecule has 96 valence electrons. The number of hydrogen-bond acceptors (Lipinski definition) is 3. The van der Waals surface area contributed by atoms with Crippen LogP contribution in [-0.4, -0.2) is 9.78 Å². The Balaban J connectivity index is 2.38. The lowest BCUT2D eigenvalue weighted by molar-refractivity contribution is 0.611. The van der Waals surface area contributed by atoms with Gasteiger partial charge in [0.25, 0.3) is 0 Å². The van der Waals surface area contributed by atoms with Gasteiger partial charge in [-0.1, -0.05) is 6.07 Å². The quantitative estimate of drug-likeness (QED) is 0.499. The fraction of sp³-hybridized carbons (Fsp3) is 0.250. The molecule has 0 radical (unpaired) electrons. The van der Waals surface area contributed by atoms with E-state index in [4.69, 9.17) is 5.84 Å². The third-order valence-corrected chi connectivity index (χ3v) is 3.68. The van der Waals surface area contributed by atoms with Crippen LogP contribution < -0.4 is 11.3 Å². The number of rotatable bonds is 4. The molecule has 0 spiro atoms. The molecule has 0 aliphatic carbocycles. The number of hydrogen-bond donors (Lipinski definition) is 2. The fourth-order valence-corrected chi connectivity index (χ4v) is 2.59. The third-order valence-electron chi connectivity index (χ3n) is 2.75. The Morgan fingerprint density at radius 3 is 2.89 bits per heavy atom. The highest BCUT2D eigenvalue weighted by atomic mass is 127. The number of nitrogens with one attached hydrogen (secondary N) is 1. The van der Waals surface area contributed by atoms with Gasteiger partial charge in [-0.3, -0.25) is 10.5 Å². The summed E-state index contributed by atoms with van der Waals surface area (Å²) in [7, 11) is 0. The molecule has 4 nitrogen and oxygen atoms in total. The van der Waals surface area contributed by atoms with E-state index >= 15 is 0 Å². The molecule has 1 aromatic carbocycles. The van der Waals surface area contributed by atoms with Crippen molar-refractivity contribution < 1.29 is 4.39 Å². The van der Waals surface area contributed by atoms with Crippen LogP contribution in [0.5, 0.6) is 0 Å². The van der Waals surface area contributed by atoms with E-state index in [1.54, 1.807) is 12.3 Å². The standard InChI is InChI=1S/C12H14FIN4/c1-2-18-7-8(6-16-18)12(17-15)10-4-3-9(13)5-11(10)14/h3-7,12,17H,2,15H2,1H3. The van der Waals surface area contributed by atoms with Gasteiger partial charge in [0.2, 0.25) is 0 Å². The summed E-state index contributed by atoms with van der Waals surface area (Å²) >= 11 is 2.10. The van der Waals surface area contributed by atoms with Crippen LogP contribution in [0.25, 0.3) is 0 Å². The minimum Gasteiger partial charge on any atom is -0.273 e. The van der Waals surface area contributed by atoms with E-state index in [2.05, 4.69) is 33.1 Å². The van der Waals surface area contributed by atoms with Crippen molar-refractivity contribution in [2.24, 2.45) is 5.84 Å². The Morgan fingerprint density at radius 2 is 2.33 bits per heavy atom. The second-order valence-electron chi connectivity index (χ2n) is 3.89. The first-order valence-corrected chi connectivity index (χ1v) is 6.67. The van der Waals surface area contributed by atoms with Crippen LogP contribution in [0.1, 0.15) is 24.1 Å². The van der Waals surface area contributed by atoms with Gasteiger partial charge in [-0.15, -0.1) is 0 Å². The maximum atomic E-state index is 13.1. The molecule has 3 N–H and O–H groups in total. The van der Waals surface area contributed by atoms with Crippen LogP contribution in [0.3, 0.4) is 0 Å². The minimum absolute atomic E-state index is 0.183. The summed E-state index contributed by atoms with van der Waals surface area (Å²) in [5.41, 5.74) is 4.65. The van der Waals surface area contributed by atoms with E-state index in [1.165, 1.54) is 12.1 Å². The number of nitrogens with two attached hydrogens (primary N) is 1. The topological polar surface area (TPSA) is 55.9 Å². The Labute approximate surface area is 118 Å². The van der Waals surface area contributed by atoms with E-state index in [0.29, 0.717) is 0 Å². The molecule has 0 aliphatic heterocycles. The zero-order chi connectivity index (χ0) is 13.1. The van der Waals surface area contributed by atoms with Crippen LogP contribution in [0.15, 0.2) is 30.6 Å². The first kappa shape index (κ1) is 13.4. The maximum Gasteiger partial charge on any atom is 0.124 e. The molecule has 6 heteroatoms. The SMILES string of the molecule is CCn1cc(C(NN)c2ccc(F)cc2I)cn1. The largest absolute Gasteiger partial charge is 0.273 e. The van der Waals surface area contributed by atoms with Crippen molar-refractivity contribution in [2.45, 2.75) is 19.5 Å². The Kier molecular flexibility index (Phi) is 4.31. The molecule has 0 fully saturated rings. The zero-order valence-electron chi connectivity index (χ0n) is 9.90. The lowest BCUT2D eigenvalue weighted by Crippen LogP contribution is -2.29. The summed E-state index contributed by atoms with van der Waals surface area (Å²) in [4.78, 5) is 0. The van der Waals surface area contributed by atoms with Crippen LogP contribution in [0.4, 0.5) is 4.39 Å². The van der Waals surface area contributed by atoms with Crippen molar-refractivity contribution >= 4 is 22.6 Å². The summed E-state index contributed by atoms with van der Waals surface area (Å²) in [5.74, 6) is 5.36. The molecule has 1 heterocycles. The third kappa shape index (κ3) is 2.70. The molecule has 1 unspecified atom stereocenters. The van der Waals surface area contributed by atoms with Crippen LogP contribution in [0.2, 0.25) is 0 Å². The molecular formula is C12H14FIN4. The maximum absolute atomic E-state index is 13.1. The zero-order valence-corrected chi connectivity index (χ0v) is 12.1. The number of aryl methyl sites for hydroxylation is 1. The van der Waals surface area contributed by atoms with Gasteiger partial charge in [0.05, 0.1) is 12.2 Å². The summed E-state index contributed by atoms with van der Waals surface area (Å²) in [6.07, 6.45) is 3.71. The van der Waals surface area contributed by atoms with Gasteiger partial charge >= 0.3 is 0 Å². The van der Waals surface area contributed by atoms with Crippen molar-refractivity contribution in [2.75, 3.05) is 0 Å². The molecule has 0 amide bonds. The van der Waals surface area contributed by atoms with Crippen LogP contribution in [0, 0.1) is 9.39 Å². The smallest absolute Gasteiger partial charge is 0.124 e. The van der Waals surface area contributed by atoms with E-state index in [9.17, 15) is 4.39 Å². The molecule has 2 rings (SSSR count). The Bertz CT molecular complexity index is 541. The number of halogens is 2. The van der Waals surface area contributed by atoms with Gasteiger partial charge in [-0.2, -0.15) is 5.10 Å². The minimum atomic E-state index is -0.247. The lowest BCUT2D eigenvalue weighted by Gasteiger charge is -2.16.